The zero-order valence-electron chi connectivity index (χ0n) is 12.1. The normalized spacial score (nSPS) is 15.2. The van der Waals surface area contributed by atoms with Crippen molar-refractivity contribution < 1.29 is 9.90 Å². The highest BCUT2D eigenvalue weighted by molar-refractivity contribution is 5.87. The van der Waals surface area contributed by atoms with E-state index in [2.05, 4.69) is 22.1 Å². The second kappa shape index (κ2) is 5.60. The molecule has 5 heteroatoms. The van der Waals surface area contributed by atoms with Crippen LogP contribution < -0.4 is 4.90 Å². The van der Waals surface area contributed by atoms with Crippen LogP contribution >= 0.6 is 0 Å². The largest absolute Gasteiger partial charge is 0.477 e. The molecule has 0 bridgehead atoms. The van der Waals surface area contributed by atoms with Gasteiger partial charge in [-0.15, -0.1) is 0 Å². The first-order chi connectivity index (χ1) is 10.1. The van der Waals surface area contributed by atoms with Gasteiger partial charge >= 0.3 is 5.97 Å². The molecule has 1 saturated heterocycles. The van der Waals surface area contributed by atoms with E-state index in [4.69, 9.17) is 5.11 Å². The summed E-state index contributed by atoms with van der Waals surface area (Å²) in [6, 6.07) is 9.82. The van der Waals surface area contributed by atoms with Gasteiger partial charge in [0.25, 0.3) is 0 Å². The van der Waals surface area contributed by atoms with Gasteiger partial charge in [-0.1, -0.05) is 12.1 Å². The quantitative estimate of drug-likeness (QED) is 0.942. The van der Waals surface area contributed by atoms with Crippen molar-refractivity contribution in [1.82, 2.24) is 9.78 Å². The van der Waals surface area contributed by atoms with E-state index in [1.807, 2.05) is 12.1 Å². The Morgan fingerprint density at radius 2 is 1.81 bits per heavy atom. The highest BCUT2D eigenvalue weighted by Gasteiger charge is 2.14. The molecule has 1 aliphatic heterocycles. The SMILES string of the molecule is Cn1nc(-c2ccc(N3CCCCC3)cc2)cc1C(=O)O. The number of aryl methyl sites for hydroxylation is 1. The summed E-state index contributed by atoms with van der Waals surface area (Å²) >= 11 is 0. The summed E-state index contributed by atoms with van der Waals surface area (Å²) in [5.41, 5.74) is 3.07. The topological polar surface area (TPSA) is 58.4 Å². The van der Waals surface area contributed by atoms with Crippen LogP contribution in [-0.4, -0.2) is 33.9 Å². The Morgan fingerprint density at radius 3 is 2.38 bits per heavy atom. The smallest absolute Gasteiger partial charge is 0.354 e. The van der Waals surface area contributed by atoms with E-state index < -0.39 is 5.97 Å². The molecule has 1 aromatic carbocycles. The Bertz CT molecular complexity index is 640. The third-order valence-corrected chi connectivity index (χ3v) is 3.98. The van der Waals surface area contributed by atoms with E-state index in [9.17, 15) is 4.79 Å². The van der Waals surface area contributed by atoms with Crippen LogP contribution in [0.5, 0.6) is 0 Å². The van der Waals surface area contributed by atoms with Crippen molar-refractivity contribution in [3.05, 3.63) is 36.0 Å². The van der Waals surface area contributed by atoms with Crippen molar-refractivity contribution in [3.8, 4) is 11.3 Å². The minimum absolute atomic E-state index is 0.199. The zero-order chi connectivity index (χ0) is 14.8. The van der Waals surface area contributed by atoms with Crippen LogP contribution in [0.1, 0.15) is 29.8 Å². The summed E-state index contributed by atoms with van der Waals surface area (Å²) < 4.78 is 1.40. The standard InChI is InChI=1S/C16H19N3O2/c1-18-15(16(20)21)11-14(17-18)12-5-7-13(8-6-12)19-9-3-2-4-10-19/h5-8,11H,2-4,9-10H2,1H3,(H,20,21). The van der Waals surface area contributed by atoms with Crippen LogP contribution in [0, 0.1) is 0 Å². The number of aromatic nitrogens is 2. The third-order valence-electron chi connectivity index (χ3n) is 3.98. The Morgan fingerprint density at radius 1 is 1.14 bits per heavy atom. The molecular weight excluding hydrogens is 266 g/mol. The molecule has 21 heavy (non-hydrogen) atoms. The lowest BCUT2D eigenvalue weighted by Crippen LogP contribution is -2.29. The van der Waals surface area contributed by atoms with Gasteiger partial charge in [0, 0.05) is 31.4 Å². The summed E-state index contributed by atoms with van der Waals surface area (Å²) in [7, 11) is 1.65. The molecule has 2 heterocycles. The van der Waals surface area contributed by atoms with E-state index in [1.165, 1.54) is 29.6 Å². The fourth-order valence-electron chi connectivity index (χ4n) is 2.80. The number of piperidine rings is 1. The van der Waals surface area contributed by atoms with Gasteiger partial charge in [-0.25, -0.2) is 4.79 Å². The molecule has 1 N–H and O–H groups in total. The molecule has 1 aromatic heterocycles. The predicted octanol–water partition coefficient (Wildman–Crippen LogP) is 2.78. The molecule has 1 aliphatic rings. The molecule has 3 rings (SSSR count). The monoisotopic (exact) mass is 285 g/mol. The van der Waals surface area contributed by atoms with Gasteiger partial charge in [-0.2, -0.15) is 5.10 Å². The first-order valence-electron chi connectivity index (χ1n) is 7.28. The van der Waals surface area contributed by atoms with Crippen molar-refractivity contribution in [2.75, 3.05) is 18.0 Å². The summed E-state index contributed by atoms with van der Waals surface area (Å²) in [5.74, 6) is -0.957. The number of carboxylic acids is 1. The summed E-state index contributed by atoms with van der Waals surface area (Å²) in [6.45, 7) is 2.23. The summed E-state index contributed by atoms with van der Waals surface area (Å²) in [4.78, 5) is 13.5. The molecule has 1 fully saturated rings. The van der Waals surface area contributed by atoms with Crippen LogP contribution in [0.4, 0.5) is 5.69 Å². The van der Waals surface area contributed by atoms with Crippen molar-refractivity contribution in [1.29, 1.82) is 0 Å². The average Bonchev–Trinajstić information content (AvgIpc) is 2.90. The molecule has 0 saturated carbocycles. The van der Waals surface area contributed by atoms with E-state index in [0.29, 0.717) is 5.69 Å². The molecule has 0 atom stereocenters. The average molecular weight is 285 g/mol. The fourth-order valence-corrected chi connectivity index (χ4v) is 2.80. The molecule has 0 unspecified atom stereocenters. The Labute approximate surface area is 123 Å². The van der Waals surface area contributed by atoms with Crippen LogP contribution in [0.15, 0.2) is 30.3 Å². The van der Waals surface area contributed by atoms with Crippen LogP contribution in [-0.2, 0) is 7.05 Å². The third kappa shape index (κ3) is 2.77. The number of hydrogen-bond acceptors (Lipinski definition) is 3. The molecule has 0 aliphatic carbocycles. The zero-order valence-corrected chi connectivity index (χ0v) is 12.1. The molecular formula is C16H19N3O2. The Kier molecular flexibility index (Phi) is 3.64. The van der Waals surface area contributed by atoms with Gasteiger partial charge in [0.2, 0.25) is 0 Å². The van der Waals surface area contributed by atoms with Crippen LogP contribution in [0.2, 0.25) is 0 Å². The van der Waals surface area contributed by atoms with E-state index in [-0.39, 0.29) is 5.69 Å². The van der Waals surface area contributed by atoms with Crippen molar-refractivity contribution in [2.45, 2.75) is 19.3 Å². The first kappa shape index (κ1) is 13.7. The molecule has 0 amide bonds. The number of aromatic carboxylic acids is 1. The number of nitrogens with zero attached hydrogens (tertiary/aromatic N) is 3. The van der Waals surface area contributed by atoms with Gasteiger partial charge in [0.05, 0.1) is 5.69 Å². The fraction of sp³-hybridized carbons (Fsp3) is 0.375. The first-order valence-corrected chi connectivity index (χ1v) is 7.28. The maximum Gasteiger partial charge on any atom is 0.354 e. The molecule has 5 nitrogen and oxygen atoms in total. The number of carboxylic acid groups (broad SMARTS) is 1. The number of benzene rings is 1. The van der Waals surface area contributed by atoms with Gasteiger partial charge < -0.3 is 10.0 Å². The number of rotatable bonds is 3. The van der Waals surface area contributed by atoms with Crippen molar-refractivity contribution >= 4 is 11.7 Å². The lowest BCUT2D eigenvalue weighted by atomic mass is 10.1. The number of hydrogen-bond donors (Lipinski definition) is 1. The van der Waals surface area contributed by atoms with Gasteiger partial charge in [-0.05, 0) is 37.5 Å². The highest BCUT2D eigenvalue weighted by Crippen LogP contribution is 2.24. The Balaban J connectivity index is 1.83. The molecule has 0 spiro atoms. The van der Waals surface area contributed by atoms with E-state index in [1.54, 1.807) is 13.1 Å². The van der Waals surface area contributed by atoms with Gasteiger partial charge in [-0.3, -0.25) is 4.68 Å². The maximum atomic E-state index is 11.1. The summed E-state index contributed by atoms with van der Waals surface area (Å²) in [6.07, 6.45) is 3.83. The second-order valence-corrected chi connectivity index (χ2v) is 5.44. The van der Waals surface area contributed by atoms with Crippen LogP contribution in [0.25, 0.3) is 11.3 Å². The predicted molar refractivity (Wildman–Crippen MR) is 81.7 cm³/mol. The second-order valence-electron chi connectivity index (χ2n) is 5.44. The molecule has 110 valence electrons. The van der Waals surface area contributed by atoms with Gasteiger partial charge in [0.15, 0.2) is 0 Å². The molecule has 2 aromatic rings. The van der Waals surface area contributed by atoms with Gasteiger partial charge in [0.1, 0.15) is 5.69 Å². The number of anilines is 1. The lowest BCUT2D eigenvalue weighted by molar-refractivity contribution is 0.0685. The maximum absolute atomic E-state index is 11.1. The minimum atomic E-state index is -0.957. The van der Waals surface area contributed by atoms with Crippen LogP contribution in [0.3, 0.4) is 0 Å². The number of carbonyl (C=O) groups is 1. The summed E-state index contributed by atoms with van der Waals surface area (Å²) in [5, 5.41) is 13.3. The Hall–Kier alpha value is -2.30. The van der Waals surface area contributed by atoms with Crippen molar-refractivity contribution in [3.63, 3.8) is 0 Å². The van der Waals surface area contributed by atoms with E-state index >= 15 is 0 Å². The molecule has 0 radical (unpaired) electrons. The lowest BCUT2D eigenvalue weighted by Gasteiger charge is -2.28. The van der Waals surface area contributed by atoms with Crippen molar-refractivity contribution in [2.24, 2.45) is 7.05 Å². The van der Waals surface area contributed by atoms with E-state index in [0.717, 1.165) is 18.7 Å². The highest BCUT2D eigenvalue weighted by atomic mass is 16.4. The minimum Gasteiger partial charge on any atom is -0.477 e.